The van der Waals surface area contributed by atoms with Crippen LogP contribution >= 0.6 is 7.75 Å². The number of rotatable bonds is 8. The fourth-order valence-electron chi connectivity index (χ4n) is 2.86. The Morgan fingerprint density at radius 1 is 1.11 bits per heavy atom. The lowest BCUT2D eigenvalue weighted by Gasteiger charge is -2.33. The first-order valence-corrected chi connectivity index (χ1v) is 10.0. The summed E-state index contributed by atoms with van der Waals surface area (Å²) in [6.45, 7) is 3.92. The number of nitrogens with zero attached hydrogens (tertiary/aromatic N) is 1. The second-order valence-corrected chi connectivity index (χ2v) is 8.06. The molecule has 0 radical (unpaired) electrons. The molecule has 0 aliphatic rings. The van der Waals surface area contributed by atoms with Gasteiger partial charge in [0.05, 0.1) is 5.56 Å². The second-order valence-electron chi connectivity index (χ2n) is 6.06. The number of benzene rings is 2. The third-order valence-corrected chi connectivity index (χ3v) is 6.34. The van der Waals surface area contributed by atoms with Crippen LogP contribution in [0.3, 0.4) is 0 Å². The molecular weight excluding hydrogens is 378 g/mol. The van der Waals surface area contributed by atoms with Crippen LogP contribution in [0.25, 0.3) is 0 Å². The van der Waals surface area contributed by atoms with Crippen molar-refractivity contribution in [3.63, 3.8) is 0 Å². The van der Waals surface area contributed by atoms with Crippen molar-refractivity contribution in [2.24, 2.45) is 0 Å². The standard InChI is InChI=1S/C19H23F3NO3P/c1-4-23(27(24,25-3)26-18-11-6-5-7-12-18)15(2)13-16-9-8-10-17(14-16)19(20,21)22/h5-12,14-15H,4,13H2,1-3H3. The molecule has 0 saturated heterocycles. The van der Waals surface area contributed by atoms with Gasteiger partial charge in [-0.3, -0.25) is 4.52 Å². The van der Waals surface area contributed by atoms with E-state index in [-0.39, 0.29) is 12.5 Å². The number of hydrogen-bond acceptors (Lipinski definition) is 3. The van der Waals surface area contributed by atoms with Gasteiger partial charge in [0.15, 0.2) is 0 Å². The quantitative estimate of drug-likeness (QED) is 0.525. The number of halogens is 3. The van der Waals surface area contributed by atoms with Crippen molar-refractivity contribution in [2.45, 2.75) is 32.5 Å². The monoisotopic (exact) mass is 401 g/mol. The van der Waals surface area contributed by atoms with Crippen molar-refractivity contribution < 1.29 is 26.8 Å². The predicted octanol–water partition coefficient (Wildman–Crippen LogP) is 5.79. The first-order chi connectivity index (χ1) is 12.7. The molecule has 2 aromatic carbocycles. The van der Waals surface area contributed by atoms with E-state index >= 15 is 0 Å². The van der Waals surface area contributed by atoms with Gasteiger partial charge in [0.25, 0.3) is 0 Å². The molecule has 2 rings (SSSR count). The molecule has 2 aromatic rings. The number of hydrogen-bond donors (Lipinski definition) is 0. The zero-order valence-corrected chi connectivity index (χ0v) is 16.3. The van der Waals surface area contributed by atoms with Crippen LogP contribution in [0.15, 0.2) is 54.6 Å². The lowest BCUT2D eigenvalue weighted by Crippen LogP contribution is -2.34. The fraction of sp³-hybridized carbons (Fsp3) is 0.368. The van der Waals surface area contributed by atoms with Crippen LogP contribution in [0, 0.1) is 0 Å². The maximum absolute atomic E-state index is 13.2. The lowest BCUT2D eigenvalue weighted by molar-refractivity contribution is -0.137. The molecule has 8 heteroatoms. The summed E-state index contributed by atoms with van der Waals surface area (Å²) in [7, 11) is -2.36. The normalized spacial score (nSPS) is 15.4. The lowest BCUT2D eigenvalue weighted by atomic mass is 10.0. The second kappa shape index (κ2) is 8.91. The fourth-order valence-corrected chi connectivity index (χ4v) is 4.54. The van der Waals surface area contributed by atoms with Crippen molar-refractivity contribution in [2.75, 3.05) is 13.7 Å². The topological polar surface area (TPSA) is 38.8 Å². The molecule has 0 saturated carbocycles. The first kappa shape index (κ1) is 21.5. The number of alkyl halides is 3. The minimum Gasteiger partial charge on any atom is -0.413 e. The van der Waals surface area contributed by atoms with E-state index in [4.69, 9.17) is 9.05 Å². The molecule has 4 nitrogen and oxygen atoms in total. The molecular formula is C19H23F3NO3P. The van der Waals surface area contributed by atoms with Gasteiger partial charge >= 0.3 is 13.9 Å². The van der Waals surface area contributed by atoms with Gasteiger partial charge in [0.2, 0.25) is 0 Å². The Kier molecular flexibility index (Phi) is 7.09. The van der Waals surface area contributed by atoms with Crippen LogP contribution in [0.1, 0.15) is 25.0 Å². The molecule has 0 aliphatic carbocycles. The summed E-state index contributed by atoms with van der Waals surface area (Å²) in [5, 5.41) is 0. The van der Waals surface area contributed by atoms with Gasteiger partial charge in [-0.05, 0) is 37.1 Å². The molecule has 0 fully saturated rings. The van der Waals surface area contributed by atoms with Gasteiger partial charge in [-0.25, -0.2) is 4.57 Å². The largest absolute Gasteiger partial charge is 0.461 e. The van der Waals surface area contributed by atoms with Crippen molar-refractivity contribution >= 4 is 7.75 Å². The summed E-state index contributed by atoms with van der Waals surface area (Å²) >= 11 is 0. The van der Waals surface area contributed by atoms with E-state index in [1.54, 1.807) is 54.9 Å². The van der Waals surface area contributed by atoms with Crippen molar-refractivity contribution in [1.29, 1.82) is 0 Å². The van der Waals surface area contributed by atoms with Crippen molar-refractivity contribution in [3.8, 4) is 5.75 Å². The van der Waals surface area contributed by atoms with E-state index in [0.29, 0.717) is 17.9 Å². The van der Waals surface area contributed by atoms with Gasteiger partial charge in [-0.2, -0.15) is 17.8 Å². The van der Waals surface area contributed by atoms with E-state index in [9.17, 15) is 17.7 Å². The molecule has 0 aromatic heterocycles. The van der Waals surface area contributed by atoms with Gasteiger partial charge < -0.3 is 4.52 Å². The Balaban J connectivity index is 2.21. The smallest absolute Gasteiger partial charge is 0.413 e. The maximum Gasteiger partial charge on any atom is 0.461 e. The molecule has 2 unspecified atom stereocenters. The van der Waals surface area contributed by atoms with E-state index in [1.165, 1.54) is 13.2 Å². The Labute approximate surface area is 157 Å². The highest BCUT2D eigenvalue weighted by Crippen LogP contribution is 2.52. The van der Waals surface area contributed by atoms with Crippen LogP contribution < -0.4 is 4.52 Å². The number of para-hydroxylation sites is 1. The minimum absolute atomic E-state index is 0.267. The summed E-state index contributed by atoms with van der Waals surface area (Å²) in [5.41, 5.74) is -0.205. The van der Waals surface area contributed by atoms with Crippen LogP contribution in [0.5, 0.6) is 5.75 Å². The summed E-state index contributed by atoms with van der Waals surface area (Å²) in [4.78, 5) is 0. The maximum atomic E-state index is 13.2. The summed E-state index contributed by atoms with van der Waals surface area (Å²) in [6, 6.07) is 13.4. The highest BCUT2D eigenvalue weighted by atomic mass is 31.2. The van der Waals surface area contributed by atoms with E-state index < -0.39 is 19.5 Å². The van der Waals surface area contributed by atoms with E-state index in [0.717, 1.165) is 12.1 Å². The van der Waals surface area contributed by atoms with Gasteiger partial charge in [0.1, 0.15) is 5.75 Å². The first-order valence-electron chi connectivity index (χ1n) is 8.53. The molecule has 27 heavy (non-hydrogen) atoms. The Morgan fingerprint density at radius 2 is 1.78 bits per heavy atom. The van der Waals surface area contributed by atoms with Gasteiger partial charge in [0, 0.05) is 19.7 Å². The molecule has 0 bridgehead atoms. The van der Waals surface area contributed by atoms with Crippen molar-refractivity contribution in [3.05, 3.63) is 65.7 Å². The van der Waals surface area contributed by atoms with Gasteiger partial charge in [-0.1, -0.05) is 43.3 Å². The summed E-state index contributed by atoms with van der Waals surface area (Å²) in [5.74, 6) is 0.396. The molecule has 0 N–H and O–H groups in total. The highest BCUT2D eigenvalue weighted by molar-refractivity contribution is 7.51. The zero-order chi connectivity index (χ0) is 20.1. The number of likely N-dealkylation sites (N-methyl/N-ethyl adjacent to an activating group) is 1. The summed E-state index contributed by atoms with van der Waals surface area (Å²) < 4.78 is 64.4. The van der Waals surface area contributed by atoms with Crippen LogP contribution in [0.2, 0.25) is 0 Å². The predicted molar refractivity (Wildman–Crippen MR) is 98.7 cm³/mol. The van der Waals surface area contributed by atoms with Crippen LogP contribution in [-0.4, -0.2) is 24.4 Å². The minimum atomic E-state index is -4.40. The Morgan fingerprint density at radius 3 is 2.33 bits per heavy atom. The molecule has 2 atom stereocenters. The average molecular weight is 401 g/mol. The molecule has 0 heterocycles. The van der Waals surface area contributed by atoms with E-state index in [1.807, 2.05) is 0 Å². The van der Waals surface area contributed by atoms with Crippen LogP contribution in [-0.2, 0) is 21.7 Å². The Bertz CT molecular complexity index is 783. The zero-order valence-electron chi connectivity index (χ0n) is 15.4. The Hall–Kier alpha value is -1.82. The molecule has 0 spiro atoms. The SMILES string of the molecule is CCN(C(C)Cc1cccc(C(F)(F)F)c1)P(=O)(OC)Oc1ccccc1. The molecule has 0 amide bonds. The van der Waals surface area contributed by atoms with Crippen molar-refractivity contribution in [1.82, 2.24) is 4.67 Å². The van der Waals surface area contributed by atoms with Crippen LogP contribution in [0.4, 0.5) is 13.2 Å². The summed E-state index contributed by atoms with van der Waals surface area (Å²) in [6.07, 6.45) is -4.13. The molecule has 0 aliphatic heterocycles. The third-order valence-electron chi connectivity index (χ3n) is 4.13. The molecule has 148 valence electrons. The van der Waals surface area contributed by atoms with E-state index in [2.05, 4.69) is 0 Å². The average Bonchev–Trinajstić information content (AvgIpc) is 2.62. The van der Waals surface area contributed by atoms with Gasteiger partial charge in [-0.15, -0.1) is 0 Å². The third kappa shape index (κ3) is 5.58. The highest BCUT2D eigenvalue weighted by Gasteiger charge is 2.37.